The van der Waals surface area contributed by atoms with Crippen LogP contribution in [0.3, 0.4) is 0 Å². The number of hydrogen-bond acceptors (Lipinski definition) is 3. The van der Waals surface area contributed by atoms with Gasteiger partial charge in [-0.25, -0.2) is 4.79 Å². The van der Waals surface area contributed by atoms with Gasteiger partial charge in [-0.15, -0.1) is 0 Å². The number of aromatic nitrogens is 1. The number of nitrogens with zero attached hydrogens (tertiary/aromatic N) is 1. The lowest BCUT2D eigenvalue weighted by atomic mass is 10.1. The van der Waals surface area contributed by atoms with Gasteiger partial charge in [-0.1, -0.05) is 35.4 Å². The predicted octanol–water partition coefficient (Wildman–Crippen LogP) is 6.45. The maximum atomic E-state index is 12.0. The third-order valence-corrected chi connectivity index (χ3v) is 5.29. The maximum absolute atomic E-state index is 12.0. The van der Waals surface area contributed by atoms with E-state index in [2.05, 4.69) is 40.4 Å². The van der Waals surface area contributed by atoms with Gasteiger partial charge in [-0.2, -0.15) is 0 Å². The van der Waals surface area contributed by atoms with Crippen molar-refractivity contribution in [3.63, 3.8) is 0 Å². The van der Waals surface area contributed by atoms with Crippen LogP contribution in [-0.4, -0.2) is 17.6 Å². The first-order valence-corrected chi connectivity index (χ1v) is 9.60. The molecule has 28 heavy (non-hydrogen) atoms. The van der Waals surface area contributed by atoms with E-state index in [9.17, 15) is 4.79 Å². The minimum Gasteiger partial charge on any atom is -0.465 e. The van der Waals surface area contributed by atoms with E-state index in [1.807, 2.05) is 18.2 Å². The van der Waals surface area contributed by atoms with Crippen LogP contribution in [0.5, 0.6) is 0 Å². The zero-order valence-corrected chi connectivity index (χ0v) is 16.7. The van der Waals surface area contributed by atoms with E-state index in [4.69, 9.17) is 27.9 Å². The van der Waals surface area contributed by atoms with E-state index in [-0.39, 0.29) is 6.04 Å². The minimum atomic E-state index is -0.437. The minimum absolute atomic E-state index is 0.251. The van der Waals surface area contributed by atoms with Gasteiger partial charge in [-0.3, -0.25) is 0 Å². The SMILES string of the molecule is COC(=O)c1cc(Cl)ccc1Nc1ccc2c(ccn2C2C=CC(Cl)=CC2)c1. The normalized spacial score (nSPS) is 16.1. The molecule has 2 aromatic carbocycles. The van der Waals surface area contributed by atoms with Crippen LogP contribution >= 0.6 is 23.2 Å². The summed E-state index contributed by atoms with van der Waals surface area (Å²) in [6.07, 6.45) is 9.03. The van der Waals surface area contributed by atoms with Gasteiger partial charge in [0.15, 0.2) is 0 Å². The molecule has 4 rings (SSSR count). The fraction of sp³-hybridized carbons (Fsp3) is 0.136. The zero-order chi connectivity index (χ0) is 19.7. The van der Waals surface area contributed by atoms with E-state index in [0.717, 1.165) is 28.0 Å². The van der Waals surface area contributed by atoms with Crippen LogP contribution in [0.1, 0.15) is 22.8 Å². The molecule has 0 aliphatic heterocycles. The van der Waals surface area contributed by atoms with E-state index in [0.29, 0.717) is 16.3 Å². The number of anilines is 2. The molecule has 142 valence electrons. The Morgan fingerprint density at radius 2 is 2.04 bits per heavy atom. The summed E-state index contributed by atoms with van der Waals surface area (Å²) in [4.78, 5) is 12.0. The third-order valence-electron chi connectivity index (χ3n) is 4.78. The number of methoxy groups -OCH3 is 1. The second kappa shape index (κ2) is 7.74. The molecule has 0 saturated heterocycles. The van der Waals surface area contributed by atoms with Gasteiger partial charge in [0.05, 0.1) is 24.4 Å². The van der Waals surface area contributed by atoms with E-state index >= 15 is 0 Å². The summed E-state index contributed by atoms with van der Waals surface area (Å²) in [5.74, 6) is -0.437. The summed E-state index contributed by atoms with van der Waals surface area (Å²) >= 11 is 12.1. The molecule has 1 heterocycles. The van der Waals surface area contributed by atoms with Gasteiger partial charge in [0.2, 0.25) is 0 Å². The number of hydrogen-bond donors (Lipinski definition) is 1. The van der Waals surface area contributed by atoms with Crippen LogP contribution in [-0.2, 0) is 4.74 Å². The Hall–Kier alpha value is -2.69. The van der Waals surface area contributed by atoms with E-state index in [1.165, 1.54) is 7.11 Å². The number of carbonyl (C=O) groups is 1. The summed E-state index contributed by atoms with van der Waals surface area (Å²) in [7, 11) is 1.35. The quantitative estimate of drug-likeness (QED) is 0.500. The second-order valence-electron chi connectivity index (χ2n) is 6.55. The number of halogens is 2. The lowest BCUT2D eigenvalue weighted by Crippen LogP contribution is -2.06. The maximum Gasteiger partial charge on any atom is 0.340 e. The van der Waals surface area contributed by atoms with Crippen LogP contribution in [0.4, 0.5) is 11.4 Å². The number of nitrogens with one attached hydrogen (secondary N) is 1. The van der Waals surface area contributed by atoms with Gasteiger partial charge >= 0.3 is 5.97 Å². The van der Waals surface area contributed by atoms with Gasteiger partial charge in [0.1, 0.15) is 0 Å². The summed E-state index contributed by atoms with van der Waals surface area (Å²) in [5, 5.41) is 5.66. The van der Waals surface area contributed by atoms with Crippen LogP contribution < -0.4 is 5.32 Å². The van der Waals surface area contributed by atoms with Crippen molar-refractivity contribution in [1.29, 1.82) is 0 Å². The largest absolute Gasteiger partial charge is 0.465 e. The fourth-order valence-electron chi connectivity index (χ4n) is 3.38. The highest BCUT2D eigenvalue weighted by molar-refractivity contribution is 6.31. The lowest BCUT2D eigenvalue weighted by molar-refractivity contribution is 0.0602. The average molecular weight is 413 g/mol. The summed E-state index contributed by atoms with van der Waals surface area (Å²) in [6.45, 7) is 0. The second-order valence-corrected chi connectivity index (χ2v) is 7.43. The summed E-state index contributed by atoms with van der Waals surface area (Å²) in [6, 6.07) is 13.5. The van der Waals surface area contributed by atoms with Crippen molar-refractivity contribution >= 4 is 51.4 Å². The van der Waals surface area contributed by atoms with Crippen LogP contribution in [0.25, 0.3) is 10.9 Å². The Balaban J connectivity index is 1.64. The monoisotopic (exact) mass is 412 g/mol. The molecular weight excluding hydrogens is 395 g/mol. The van der Waals surface area contributed by atoms with Crippen molar-refractivity contribution in [2.75, 3.05) is 12.4 Å². The molecule has 1 aliphatic carbocycles. The first-order valence-electron chi connectivity index (χ1n) is 8.84. The number of allylic oxidation sites excluding steroid dienone is 4. The molecule has 6 heteroatoms. The van der Waals surface area contributed by atoms with Crippen molar-refractivity contribution in [3.8, 4) is 0 Å². The molecule has 0 radical (unpaired) electrons. The molecule has 1 N–H and O–H groups in total. The highest BCUT2D eigenvalue weighted by atomic mass is 35.5. The highest BCUT2D eigenvalue weighted by Crippen LogP contribution is 2.31. The zero-order valence-electron chi connectivity index (χ0n) is 15.2. The summed E-state index contributed by atoms with van der Waals surface area (Å²) < 4.78 is 7.09. The molecule has 1 aliphatic rings. The van der Waals surface area contributed by atoms with Crippen molar-refractivity contribution in [1.82, 2.24) is 4.57 Å². The van der Waals surface area contributed by atoms with Crippen molar-refractivity contribution < 1.29 is 9.53 Å². The van der Waals surface area contributed by atoms with Gasteiger partial charge in [0, 0.05) is 32.8 Å². The molecule has 3 aromatic rings. The van der Waals surface area contributed by atoms with Gasteiger partial charge < -0.3 is 14.6 Å². The third kappa shape index (κ3) is 3.66. The molecule has 0 bridgehead atoms. The molecule has 0 amide bonds. The highest BCUT2D eigenvalue weighted by Gasteiger charge is 2.15. The van der Waals surface area contributed by atoms with Gasteiger partial charge in [0.25, 0.3) is 0 Å². The van der Waals surface area contributed by atoms with E-state index in [1.54, 1.807) is 18.2 Å². The number of rotatable bonds is 4. The van der Waals surface area contributed by atoms with Crippen molar-refractivity contribution in [2.24, 2.45) is 0 Å². The Morgan fingerprint density at radius 1 is 1.18 bits per heavy atom. The number of benzene rings is 2. The lowest BCUT2D eigenvalue weighted by Gasteiger charge is -2.18. The van der Waals surface area contributed by atoms with Crippen LogP contribution in [0, 0.1) is 0 Å². The first kappa shape index (κ1) is 18.7. The Bertz CT molecular complexity index is 1110. The average Bonchev–Trinajstić information content (AvgIpc) is 3.12. The summed E-state index contributed by atoms with van der Waals surface area (Å²) in [5.41, 5.74) is 3.05. The predicted molar refractivity (Wildman–Crippen MR) is 115 cm³/mol. The Kier molecular flexibility index (Phi) is 5.16. The molecular formula is C22H18Cl2N2O2. The molecule has 4 nitrogen and oxygen atoms in total. The topological polar surface area (TPSA) is 43.3 Å². The molecule has 0 saturated carbocycles. The molecule has 0 spiro atoms. The van der Waals surface area contributed by atoms with Crippen molar-refractivity contribution in [2.45, 2.75) is 12.5 Å². The van der Waals surface area contributed by atoms with Crippen LogP contribution in [0.2, 0.25) is 5.02 Å². The molecule has 1 aromatic heterocycles. The Labute approximate surface area is 173 Å². The van der Waals surface area contributed by atoms with Gasteiger partial charge in [-0.05, 0) is 55.0 Å². The standard InChI is InChI=1S/C22H18Cl2N2O2/c1-28-22(27)19-13-16(24)4-8-20(19)25-17-5-9-21-14(12-17)10-11-26(21)18-6-2-15(23)3-7-18/h2-6,8-13,18,25H,7H2,1H3. The smallest absolute Gasteiger partial charge is 0.340 e. The van der Waals surface area contributed by atoms with Crippen molar-refractivity contribution in [3.05, 3.63) is 82.5 Å². The molecule has 1 unspecified atom stereocenters. The Morgan fingerprint density at radius 3 is 2.79 bits per heavy atom. The molecule has 1 atom stereocenters. The number of carbonyl (C=O) groups excluding carboxylic acids is 1. The molecule has 0 fully saturated rings. The fourth-order valence-corrected chi connectivity index (χ4v) is 3.71. The number of ether oxygens (including phenoxy) is 1. The first-order chi connectivity index (χ1) is 13.5. The number of esters is 1. The van der Waals surface area contributed by atoms with Crippen LogP contribution in [0.15, 0.2) is 71.9 Å². The van der Waals surface area contributed by atoms with E-state index < -0.39 is 5.97 Å². The number of fused-ring (bicyclic) bond motifs is 1.